The van der Waals surface area contributed by atoms with Gasteiger partial charge in [0.2, 0.25) is 0 Å². The second kappa shape index (κ2) is 8.98. The molecule has 1 rings (SSSR count). The van der Waals surface area contributed by atoms with E-state index >= 15 is 0 Å². The molecule has 0 unspecified atom stereocenters. The number of carbonyl (C=O) groups excluding carboxylic acids is 1. The molecule has 0 aliphatic carbocycles. The zero-order valence-electron chi connectivity index (χ0n) is 8.00. The van der Waals surface area contributed by atoms with E-state index in [1.54, 1.807) is 6.92 Å². The molecule has 0 atom stereocenters. The van der Waals surface area contributed by atoms with E-state index in [0.717, 1.165) is 5.56 Å². The van der Waals surface area contributed by atoms with Gasteiger partial charge in [-0.3, -0.25) is 4.79 Å². The van der Waals surface area contributed by atoms with E-state index in [1.165, 1.54) is 6.42 Å². The van der Waals surface area contributed by atoms with Crippen LogP contribution >= 0.6 is 0 Å². The lowest BCUT2D eigenvalue weighted by Gasteiger charge is -1.89. The van der Waals surface area contributed by atoms with Gasteiger partial charge >= 0.3 is 0 Å². The summed E-state index contributed by atoms with van der Waals surface area (Å²) < 4.78 is 0. The van der Waals surface area contributed by atoms with Crippen molar-refractivity contribution in [2.24, 2.45) is 0 Å². The average molecular weight is 180 g/mol. The van der Waals surface area contributed by atoms with Crippen molar-refractivity contribution < 1.29 is 4.79 Å². The first-order valence-corrected chi connectivity index (χ1v) is 4.28. The van der Waals surface area contributed by atoms with Crippen LogP contribution in [0.15, 0.2) is 30.3 Å². The monoisotopic (exact) mass is 180 g/mol. The highest BCUT2D eigenvalue weighted by Crippen LogP contribution is 1.97. The fourth-order valence-corrected chi connectivity index (χ4v) is 0.673. The van der Waals surface area contributed by atoms with Gasteiger partial charge in [0, 0.05) is 5.56 Å². The van der Waals surface area contributed by atoms with Crippen LogP contribution in [0.1, 0.15) is 45.0 Å². The molecule has 0 saturated heterocycles. The molecule has 0 bridgehead atoms. The molecule has 74 valence electrons. The molecule has 0 N–H and O–H groups in total. The fourth-order valence-electron chi connectivity index (χ4n) is 0.673. The molecule has 1 aromatic carbocycles. The standard InChI is InChI=1S/C8H8O.C3H8.CH4/c1-7(9)8-5-3-2-4-6-8;1-3-2;/h2-6H,1H3;3H2,1-2H3;1H4. The summed E-state index contributed by atoms with van der Waals surface area (Å²) in [7, 11) is 0. The lowest BCUT2D eigenvalue weighted by atomic mass is 10.2. The largest absolute Gasteiger partial charge is 0.295 e. The maximum Gasteiger partial charge on any atom is 0.159 e. The second-order valence-corrected chi connectivity index (χ2v) is 2.63. The van der Waals surface area contributed by atoms with E-state index in [4.69, 9.17) is 0 Å². The number of hydrogen-bond donors (Lipinski definition) is 0. The van der Waals surface area contributed by atoms with Crippen LogP contribution in [0.25, 0.3) is 0 Å². The van der Waals surface area contributed by atoms with Gasteiger partial charge in [0.25, 0.3) is 0 Å². The predicted octanol–water partition coefficient (Wildman–Crippen LogP) is 3.94. The fraction of sp³-hybridized carbons (Fsp3) is 0.417. The molecule has 1 aromatic rings. The Bertz CT molecular complexity index is 214. The van der Waals surface area contributed by atoms with Crippen LogP contribution in [0.5, 0.6) is 0 Å². The Morgan fingerprint density at radius 1 is 1.15 bits per heavy atom. The number of ketones is 1. The molecule has 0 amide bonds. The summed E-state index contributed by atoms with van der Waals surface area (Å²) in [5, 5.41) is 0. The van der Waals surface area contributed by atoms with E-state index in [0.29, 0.717) is 0 Å². The van der Waals surface area contributed by atoms with Crippen molar-refractivity contribution in [2.75, 3.05) is 0 Å². The van der Waals surface area contributed by atoms with Crippen LogP contribution in [-0.4, -0.2) is 5.78 Å². The van der Waals surface area contributed by atoms with Gasteiger partial charge in [-0.1, -0.05) is 58.0 Å². The minimum absolute atomic E-state index is 0. The minimum Gasteiger partial charge on any atom is -0.295 e. The number of benzene rings is 1. The first-order chi connectivity index (χ1) is 5.72. The molecule has 0 radical (unpaired) electrons. The second-order valence-electron chi connectivity index (χ2n) is 2.63. The number of carbonyl (C=O) groups is 1. The van der Waals surface area contributed by atoms with E-state index in [1.807, 2.05) is 30.3 Å². The highest BCUT2D eigenvalue weighted by Gasteiger charge is 1.92. The summed E-state index contributed by atoms with van der Waals surface area (Å²) in [6.45, 7) is 5.81. The predicted molar refractivity (Wildman–Crippen MR) is 59.1 cm³/mol. The number of rotatable bonds is 1. The Morgan fingerprint density at radius 3 is 1.77 bits per heavy atom. The third-order valence-corrected chi connectivity index (χ3v) is 1.18. The number of hydrogen-bond acceptors (Lipinski definition) is 1. The molecule has 0 aliphatic heterocycles. The van der Waals surface area contributed by atoms with Crippen LogP contribution in [0.3, 0.4) is 0 Å². The lowest BCUT2D eigenvalue weighted by molar-refractivity contribution is 0.101. The van der Waals surface area contributed by atoms with Crippen molar-refractivity contribution in [1.29, 1.82) is 0 Å². The van der Waals surface area contributed by atoms with Gasteiger partial charge in [-0.15, -0.1) is 0 Å². The zero-order valence-corrected chi connectivity index (χ0v) is 8.00. The van der Waals surface area contributed by atoms with Gasteiger partial charge in [0.1, 0.15) is 0 Å². The molecule has 0 saturated carbocycles. The van der Waals surface area contributed by atoms with Crippen molar-refractivity contribution in [3.05, 3.63) is 35.9 Å². The van der Waals surface area contributed by atoms with Gasteiger partial charge < -0.3 is 0 Å². The topological polar surface area (TPSA) is 17.1 Å². The molecule has 13 heavy (non-hydrogen) atoms. The Hall–Kier alpha value is -1.11. The molecular formula is C12H20O. The molecule has 0 aliphatic rings. The van der Waals surface area contributed by atoms with Crippen LogP contribution < -0.4 is 0 Å². The van der Waals surface area contributed by atoms with E-state index in [2.05, 4.69) is 13.8 Å². The Labute approximate surface area is 81.8 Å². The molecule has 0 spiro atoms. The maximum absolute atomic E-state index is 10.6. The summed E-state index contributed by atoms with van der Waals surface area (Å²) in [5.74, 6) is 0.121. The number of Topliss-reactive ketones (excluding diaryl/α,β-unsaturated/α-hetero) is 1. The van der Waals surface area contributed by atoms with E-state index in [-0.39, 0.29) is 13.2 Å². The van der Waals surface area contributed by atoms with Crippen molar-refractivity contribution in [2.45, 2.75) is 34.6 Å². The highest BCUT2D eigenvalue weighted by molar-refractivity contribution is 5.93. The summed E-state index contributed by atoms with van der Waals surface area (Å²) >= 11 is 0. The zero-order chi connectivity index (χ0) is 9.40. The maximum atomic E-state index is 10.6. The van der Waals surface area contributed by atoms with Crippen LogP contribution in [0.2, 0.25) is 0 Å². The third kappa shape index (κ3) is 7.26. The smallest absolute Gasteiger partial charge is 0.159 e. The molecule has 1 heteroatoms. The van der Waals surface area contributed by atoms with Gasteiger partial charge in [-0.05, 0) is 6.92 Å². The van der Waals surface area contributed by atoms with Gasteiger partial charge in [-0.2, -0.15) is 0 Å². The van der Waals surface area contributed by atoms with Crippen LogP contribution in [-0.2, 0) is 0 Å². The molecule has 0 fully saturated rings. The minimum atomic E-state index is 0. The molecule has 0 aromatic heterocycles. The van der Waals surface area contributed by atoms with Crippen molar-refractivity contribution in [3.8, 4) is 0 Å². The van der Waals surface area contributed by atoms with Crippen molar-refractivity contribution in [3.63, 3.8) is 0 Å². The first kappa shape index (κ1) is 14.4. The summed E-state index contributed by atoms with van der Waals surface area (Å²) in [6.07, 6.45) is 1.25. The van der Waals surface area contributed by atoms with E-state index < -0.39 is 0 Å². The van der Waals surface area contributed by atoms with Crippen molar-refractivity contribution in [1.82, 2.24) is 0 Å². The van der Waals surface area contributed by atoms with Crippen LogP contribution in [0.4, 0.5) is 0 Å². The Morgan fingerprint density at radius 2 is 1.54 bits per heavy atom. The summed E-state index contributed by atoms with van der Waals surface area (Å²) in [6, 6.07) is 9.23. The lowest BCUT2D eigenvalue weighted by Crippen LogP contribution is -1.88. The highest BCUT2D eigenvalue weighted by atomic mass is 16.1. The first-order valence-electron chi connectivity index (χ1n) is 4.28. The SMILES string of the molecule is C.CC(=O)c1ccccc1.CCC. The molecule has 1 nitrogen and oxygen atoms in total. The summed E-state index contributed by atoms with van der Waals surface area (Å²) in [4.78, 5) is 10.6. The van der Waals surface area contributed by atoms with Gasteiger partial charge in [0.05, 0.1) is 0 Å². The normalized spacial score (nSPS) is 7.62. The van der Waals surface area contributed by atoms with Crippen molar-refractivity contribution >= 4 is 5.78 Å². The third-order valence-electron chi connectivity index (χ3n) is 1.18. The Balaban J connectivity index is 0. The summed E-state index contributed by atoms with van der Waals surface area (Å²) in [5.41, 5.74) is 0.775. The Kier molecular flexibility index (Phi) is 9.96. The molecule has 0 heterocycles. The quantitative estimate of drug-likeness (QED) is 0.598. The van der Waals surface area contributed by atoms with Gasteiger partial charge in [0.15, 0.2) is 5.78 Å². The molecular weight excluding hydrogens is 160 g/mol. The van der Waals surface area contributed by atoms with Gasteiger partial charge in [-0.25, -0.2) is 0 Å². The average Bonchev–Trinajstić information content (AvgIpc) is 2.07. The van der Waals surface area contributed by atoms with E-state index in [9.17, 15) is 4.79 Å². The van der Waals surface area contributed by atoms with Crippen LogP contribution in [0, 0.1) is 0 Å².